The molecule has 0 atom stereocenters. The van der Waals surface area contributed by atoms with Crippen LogP contribution >= 0.6 is 23.4 Å². The van der Waals surface area contributed by atoms with Crippen LogP contribution in [0.5, 0.6) is 0 Å². The van der Waals surface area contributed by atoms with Crippen molar-refractivity contribution in [2.24, 2.45) is 0 Å². The molecule has 4 nitrogen and oxygen atoms in total. The molecule has 0 aliphatic carbocycles. The van der Waals surface area contributed by atoms with Gasteiger partial charge in [-0.05, 0) is 54.6 Å². The minimum atomic E-state index is -4.54. The molecule has 3 aromatic rings. The molecule has 0 saturated carbocycles. The zero-order valence-corrected chi connectivity index (χ0v) is 16.6. The number of furan rings is 1. The van der Waals surface area contributed by atoms with Crippen LogP contribution in [0.3, 0.4) is 0 Å². The number of anilines is 1. The molecule has 152 valence electrons. The second-order valence-corrected chi connectivity index (χ2v) is 7.43. The van der Waals surface area contributed by atoms with E-state index in [9.17, 15) is 23.2 Å². The lowest BCUT2D eigenvalue weighted by atomic mass is 10.1. The number of rotatable bonds is 5. The van der Waals surface area contributed by atoms with Crippen molar-refractivity contribution in [2.75, 3.05) is 5.32 Å². The second-order valence-electron chi connectivity index (χ2n) is 5.92. The fourth-order valence-electron chi connectivity index (χ4n) is 2.35. The van der Waals surface area contributed by atoms with Crippen molar-refractivity contribution in [3.05, 3.63) is 82.6 Å². The smallest absolute Gasteiger partial charge is 0.416 e. The third-order valence-electron chi connectivity index (χ3n) is 3.73. The second kappa shape index (κ2) is 9.11. The molecule has 2 aromatic carbocycles. The molecule has 0 bridgehead atoms. The largest absolute Gasteiger partial charge is 0.450 e. The standard InChI is InChI=1S/C21H12ClF3N2O2S/c22-15-4-7-18(8-5-15)30-19-9-6-17(29-19)10-13(12-26)20(28)27-16-3-1-2-14(11-16)21(23,24)25/h1-11H,(H,27,28)/b13-10-. The Morgan fingerprint density at radius 3 is 2.53 bits per heavy atom. The predicted molar refractivity (Wildman–Crippen MR) is 108 cm³/mol. The van der Waals surface area contributed by atoms with Crippen molar-refractivity contribution in [3.8, 4) is 6.07 Å². The van der Waals surface area contributed by atoms with Gasteiger partial charge in [-0.1, -0.05) is 29.4 Å². The summed E-state index contributed by atoms with van der Waals surface area (Å²) < 4.78 is 44.0. The Morgan fingerprint density at radius 2 is 1.87 bits per heavy atom. The molecular formula is C21H12ClF3N2O2S. The fourth-order valence-corrected chi connectivity index (χ4v) is 3.25. The Hall–Kier alpha value is -3.15. The number of alkyl halides is 3. The van der Waals surface area contributed by atoms with E-state index in [1.54, 1.807) is 30.3 Å². The van der Waals surface area contributed by atoms with Gasteiger partial charge in [0.25, 0.3) is 5.91 Å². The minimum absolute atomic E-state index is 0.0746. The molecular weight excluding hydrogens is 437 g/mol. The van der Waals surface area contributed by atoms with Crippen molar-refractivity contribution >= 4 is 41.0 Å². The molecule has 1 amide bonds. The van der Waals surface area contributed by atoms with Crippen LogP contribution < -0.4 is 5.32 Å². The van der Waals surface area contributed by atoms with E-state index >= 15 is 0 Å². The summed E-state index contributed by atoms with van der Waals surface area (Å²) in [6, 6.07) is 16.2. The van der Waals surface area contributed by atoms with E-state index in [1.807, 2.05) is 12.1 Å². The lowest BCUT2D eigenvalue weighted by Gasteiger charge is -2.09. The van der Waals surface area contributed by atoms with Crippen LogP contribution in [-0.2, 0) is 11.0 Å². The summed E-state index contributed by atoms with van der Waals surface area (Å²) in [6.07, 6.45) is -3.32. The number of nitriles is 1. The van der Waals surface area contributed by atoms with Crippen molar-refractivity contribution < 1.29 is 22.4 Å². The molecule has 30 heavy (non-hydrogen) atoms. The van der Waals surface area contributed by atoms with Gasteiger partial charge in [-0.3, -0.25) is 4.79 Å². The maximum atomic E-state index is 12.8. The highest BCUT2D eigenvalue weighted by atomic mass is 35.5. The topological polar surface area (TPSA) is 66.0 Å². The zero-order valence-electron chi connectivity index (χ0n) is 15.0. The van der Waals surface area contributed by atoms with Gasteiger partial charge in [0, 0.05) is 21.7 Å². The number of hydrogen-bond donors (Lipinski definition) is 1. The van der Waals surface area contributed by atoms with Crippen LogP contribution in [0.2, 0.25) is 5.02 Å². The van der Waals surface area contributed by atoms with Crippen LogP contribution in [0.15, 0.2) is 80.6 Å². The number of halogens is 4. The monoisotopic (exact) mass is 448 g/mol. The lowest BCUT2D eigenvalue weighted by Crippen LogP contribution is -2.14. The Labute approximate surface area is 179 Å². The Kier molecular flexibility index (Phi) is 6.55. The summed E-state index contributed by atoms with van der Waals surface area (Å²) in [7, 11) is 0. The average molecular weight is 449 g/mol. The van der Waals surface area contributed by atoms with Gasteiger partial charge in [0.1, 0.15) is 17.4 Å². The zero-order chi connectivity index (χ0) is 21.7. The van der Waals surface area contributed by atoms with E-state index in [1.165, 1.54) is 30.0 Å². The number of benzene rings is 2. The molecule has 0 saturated heterocycles. The van der Waals surface area contributed by atoms with Crippen molar-refractivity contribution in [3.63, 3.8) is 0 Å². The Morgan fingerprint density at radius 1 is 1.13 bits per heavy atom. The quantitative estimate of drug-likeness (QED) is 0.350. The van der Waals surface area contributed by atoms with Gasteiger partial charge < -0.3 is 9.73 Å². The number of carbonyl (C=O) groups is 1. The summed E-state index contributed by atoms with van der Waals surface area (Å²) in [5.41, 5.74) is -1.29. The van der Waals surface area contributed by atoms with E-state index in [2.05, 4.69) is 5.32 Å². The van der Waals surface area contributed by atoms with Crippen LogP contribution in [0.25, 0.3) is 6.08 Å². The average Bonchev–Trinajstić information content (AvgIpc) is 3.14. The van der Waals surface area contributed by atoms with Crippen molar-refractivity contribution in [2.45, 2.75) is 16.2 Å². The van der Waals surface area contributed by atoms with E-state index in [0.717, 1.165) is 17.0 Å². The molecule has 3 rings (SSSR count). The molecule has 1 heterocycles. The maximum Gasteiger partial charge on any atom is 0.416 e. The van der Waals surface area contributed by atoms with Gasteiger partial charge in [-0.25, -0.2) is 0 Å². The van der Waals surface area contributed by atoms with E-state index in [4.69, 9.17) is 16.0 Å². The predicted octanol–water partition coefficient (Wildman–Crippen LogP) is 6.65. The Balaban J connectivity index is 1.73. The number of hydrogen-bond acceptors (Lipinski definition) is 4. The van der Waals surface area contributed by atoms with Crippen molar-refractivity contribution in [1.82, 2.24) is 0 Å². The number of carbonyl (C=O) groups excluding carboxylic acids is 1. The maximum absolute atomic E-state index is 12.8. The van der Waals surface area contributed by atoms with Gasteiger partial charge in [0.2, 0.25) is 0 Å². The summed E-state index contributed by atoms with van der Waals surface area (Å²) in [6.45, 7) is 0. The van der Waals surface area contributed by atoms with E-state index < -0.39 is 17.6 Å². The van der Waals surface area contributed by atoms with Gasteiger partial charge in [0.15, 0.2) is 5.09 Å². The molecule has 0 unspecified atom stereocenters. The van der Waals surface area contributed by atoms with Gasteiger partial charge >= 0.3 is 6.18 Å². The minimum Gasteiger partial charge on any atom is -0.450 e. The van der Waals surface area contributed by atoms with Crippen LogP contribution in [0.4, 0.5) is 18.9 Å². The third kappa shape index (κ3) is 5.69. The fraction of sp³-hybridized carbons (Fsp3) is 0.0476. The third-order valence-corrected chi connectivity index (χ3v) is 4.91. The molecule has 0 spiro atoms. The molecule has 1 aromatic heterocycles. The number of nitrogens with one attached hydrogen (secondary N) is 1. The van der Waals surface area contributed by atoms with Gasteiger partial charge in [0.05, 0.1) is 5.56 Å². The molecule has 0 aliphatic rings. The van der Waals surface area contributed by atoms with E-state index in [-0.39, 0.29) is 17.0 Å². The van der Waals surface area contributed by atoms with Crippen LogP contribution in [0, 0.1) is 11.3 Å². The first kappa shape index (κ1) is 21.6. The first-order valence-corrected chi connectivity index (χ1v) is 9.58. The van der Waals surface area contributed by atoms with Gasteiger partial charge in [-0.2, -0.15) is 18.4 Å². The molecule has 1 N–H and O–H groups in total. The molecule has 9 heteroatoms. The summed E-state index contributed by atoms with van der Waals surface area (Å²) in [5, 5.41) is 12.7. The molecule has 0 fully saturated rings. The highest BCUT2D eigenvalue weighted by molar-refractivity contribution is 7.99. The summed E-state index contributed by atoms with van der Waals surface area (Å²) in [5.74, 6) is -0.595. The van der Waals surface area contributed by atoms with E-state index in [0.29, 0.717) is 10.1 Å². The number of nitrogens with zero attached hydrogens (tertiary/aromatic N) is 1. The Bertz CT molecular complexity index is 1130. The lowest BCUT2D eigenvalue weighted by molar-refractivity contribution is -0.137. The molecule has 0 aliphatic heterocycles. The van der Waals surface area contributed by atoms with Crippen LogP contribution in [-0.4, -0.2) is 5.91 Å². The first-order chi connectivity index (χ1) is 14.2. The molecule has 0 radical (unpaired) electrons. The van der Waals surface area contributed by atoms with Crippen LogP contribution in [0.1, 0.15) is 11.3 Å². The highest BCUT2D eigenvalue weighted by Gasteiger charge is 2.30. The highest BCUT2D eigenvalue weighted by Crippen LogP contribution is 2.32. The summed E-state index contributed by atoms with van der Waals surface area (Å²) >= 11 is 7.17. The SMILES string of the molecule is N#C/C(=C/c1ccc(Sc2ccc(Cl)cc2)o1)C(=O)Nc1cccc(C(F)(F)F)c1. The number of amides is 1. The van der Waals surface area contributed by atoms with Gasteiger partial charge in [-0.15, -0.1) is 0 Å². The van der Waals surface area contributed by atoms with Crippen molar-refractivity contribution in [1.29, 1.82) is 5.26 Å². The summed E-state index contributed by atoms with van der Waals surface area (Å²) in [4.78, 5) is 13.2. The first-order valence-electron chi connectivity index (χ1n) is 8.38. The normalized spacial score (nSPS) is 11.8.